The van der Waals surface area contributed by atoms with Gasteiger partial charge in [-0.3, -0.25) is 14.4 Å². The number of carbonyl (C=O) groups excluding carboxylic acids is 2. The molecule has 29 heavy (non-hydrogen) atoms. The number of hydrogen-bond donors (Lipinski definition) is 3. The lowest BCUT2D eigenvalue weighted by Crippen LogP contribution is -2.53. The Morgan fingerprint density at radius 2 is 1.86 bits per heavy atom. The van der Waals surface area contributed by atoms with E-state index in [1.165, 1.54) is 6.08 Å². The van der Waals surface area contributed by atoms with Crippen LogP contribution >= 0.6 is 0 Å². The molecular weight excluding hydrogens is 372 g/mol. The third kappa shape index (κ3) is 2.98. The number of carbonyl (C=O) groups is 3. The minimum Gasteiger partial charge on any atom is -0.504 e. The number of aliphatic hydroxyl groups is 2. The second-order valence-electron chi connectivity index (χ2n) is 9.94. The van der Waals surface area contributed by atoms with Gasteiger partial charge in [0, 0.05) is 17.8 Å². The van der Waals surface area contributed by atoms with Crippen LogP contribution in [-0.4, -0.2) is 39.0 Å². The predicted octanol–water partition coefficient (Wildman–Crippen LogP) is 3.20. The maximum atomic E-state index is 12.8. The molecule has 3 fully saturated rings. The van der Waals surface area contributed by atoms with E-state index in [2.05, 4.69) is 6.92 Å². The molecule has 1 unspecified atom stereocenters. The van der Waals surface area contributed by atoms with E-state index in [0.717, 1.165) is 25.7 Å². The van der Waals surface area contributed by atoms with Crippen molar-refractivity contribution in [2.75, 3.05) is 0 Å². The Hall–Kier alpha value is -1.95. The fourth-order valence-corrected chi connectivity index (χ4v) is 7.26. The number of aliphatic hydroxyl groups excluding tert-OH is 2. The smallest absolute Gasteiger partial charge is 0.303 e. The third-order valence-corrected chi connectivity index (χ3v) is 8.63. The molecule has 0 spiro atoms. The zero-order chi connectivity index (χ0) is 21.1. The molecule has 0 amide bonds. The van der Waals surface area contributed by atoms with Gasteiger partial charge in [0.25, 0.3) is 0 Å². The highest BCUT2D eigenvalue weighted by Gasteiger charge is 2.61. The molecule has 4 aliphatic carbocycles. The van der Waals surface area contributed by atoms with Gasteiger partial charge in [-0.1, -0.05) is 13.8 Å². The highest BCUT2D eigenvalue weighted by atomic mass is 16.4. The van der Waals surface area contributed by atoms with Crippen molar-refractivity contribution < 1.29 is 29.7 Å². The van der Waals surface area contributed by atoms with E-state index in [4.69, 9.17) is 5.11 Å². The second kappa shape index (κ2) is 6.79. The fourth-order valence-electron chi connectivity index (χ4n) is 7.26. The average Bonchev–Trinajstić information content (AvgIpc) is 2.99. The van der Waals surface area contributed by atoms with E-state index in [-0.39, 0.29) is 53.5 Å². The molecule has 4 rings (SSSR count). The van der Waals surface area contributed by atoms with Crippen molar-refractivity contribution in [3.05, 3.63) is 23.5 Å². The van der Waals surface area contributed by atoms with Crippen LogP contribution in [0.2, 0.25) is 0 Å². The number of ketones is 2. The van der Waals surface area contributed by atoms with Crippen molar-refractivity contribution in [2.24, 2.45) is 34.5 Å². The number of Topliss-reactive ketones (excluding diaryl/α,β-unsaturated/α-hetero) is 1. The maximum absolute atomic E-state index is 12.8. The Balaban J connectivity index is 1.62. The highest BCUT2D eigenvalue weighted by molar-refractivity contribution is 6.04. The van der Waals surface area contributed by atoms with E-state index in [9.17, 15) is 24.6 Å². The van der Waals surface area contributed by atoms with Gasteiger partial charge in [-0.05, 0) is 73.0 Å². The Bertz CT molecular complexity index is 825. The predicted molar refractivity (Wildman–Crippen MR) is 105 cm³/mol. The molecule has 0 aromatic rings. The van der Waals surface area contributed by atoms with Gasteiger partial charge in [0.2, 0.25) is 5.78 Å². The molecule has 6 nitrogen and oxygen atoms in total. The Morgan fingerprint density at radius 3 is 2.55 bits per heavy atom. The minimum atomic E-state index is -0.942. The van der Waals surface area contributed by atoms with Crippen LogP contribution in [-0.2, 0) is 14.4 Å². The molecule has 0 saturated heterocycles. The van der Waals surface area contributed by atoms with Crippen LogP contribution in [0.4, 0.5) is 0 Å². The molecule has 0 bridgehead atoms. The van der Waals surface area contributed by atoms with E-state index in [0.29, 0.717) is 12.0 Å². The summed E-state index contributed by atoms with van der Waals surface area (Å²) in [6, 6.07) is 0. The second-order valence-corrected chi connectivity index (χ2v) is 9.94. The molecule has 3 saturated carbocycles. The quantitative estimate of drug-likeness (QED) is 0.666. The minimum absolute atomic E-state index is 0.0554. The lowest BCUT2D eigenvalue weighted by atomic mass is 9.47. The number of hydrogen-bond acceptors (Lipinski definition) is 5. The van der Waals surface area contributed by atoms with Gasteiger partial charge in [-0.15, -0.1) is 0 Å². The Kier molecular flexibility index (Phi) is 4.76. The fraction of sp³-hybridized carbons (Fsp3) is 0.696. The standard InChI is InChI=1S/C23H30O6/c1-22-8-7-14-12(13(22)3-4-15(22)17(24)5-6-21(28)29)9-18(25)16-10-19(26)20(27)11-23(14,16)2/h10-15,18,25,27H,3-9H2,1-2H3,(H,28,29)/t12-,13-,14-,15+,18?,22-,23+/m0/s1. The van der Waals surface area contributed by atoms with Crippen molar-refractivity contribution in [3.63, 3.8) is 0 Å². The third-order valence-electron chi connectivity index (χ3n) is 8.63. The van der Waals surface area contributed by atoms with Crippen molar-refractivity contribution in [1.29, 1.82) is 0 Å². The summed E-state index contributed by atoms with van der Waals surface area (Å²) in [4.78, 5) is 35.7. The largest absolute Gasteiger partial charge is 0.504 e. The maximum Gasteiger partial charge on any atom is 0.303 e. The van der Waals surface area contributed by atoms with Crippen molar-refractivity contribution in [1.82, 2.24) is 0 Å². The van der Waals surface area contributed by atoms with Crippen molar-refractivity contribution in [3.8, 4) is 0 Å². The molecule has 158 valence electrons. The van der Waals surface area contributed by atoms with Gasteiger partial charge < -0.3 is 15.3 Å². The van der Waals surface area contributed by atoms with Gasteiger partial charge in [0.15, 0.2) is 5.76 Å². The summed E-state index contributed by atoms with van der Waals surface area (Å²) in [6.45, 7) is 4.18. The first kappa shape index (κ1) is 20.3. The van der Waals surface area contributed by atoms with E-state index >= 15 is 0 Å². The summed E-state index contributed by atoms with van der Waals surface area (Å²) in [5.41, 5.74) is -0.0191. The van der Waals surface area contributed by atoms with Crippen LogP contribution in [0, 0.1) is 34.5 Å². The van der Waals surface area contributed by atoms with Crippen LogP contribution in [0.5, 0.6) is 0 Å². The molecule has 0 radical (unpaired) electrons. The Morgan fingerprint density at radius 1 is 1.14 bits per heavy atom. The molecule has 0 aliphatic heterocycles. The summed E-state index contributed by atoms with van der Waals surface area (Å²) in [5.74, 6) is -1.000. The number of allylic oxidation sites excluding steroid dienone is 2. The summed E-state index contributed by atoms with van der Waals surface area (Å²) in [7, 11) is 0. The van der Waals surface area contributed by atoms with E-state index in [1.54, 1.807) is 6.08 Å². The molecule has 0 aromatic heterocycles. The number of rotatable bonds is 4. The van der Waals surface area contributed by atoms with E-state index in [1.807, 2.05) is 6.92 Å². The average molecular weight is 402 g/mol. The highest BCUT2D eigenvalue weighted by Crippen LogP contribution is 2.66. The normalized spacial score (nSPS) is 43.6. The van der Waals surface area contributed by atoms with Crippen LogP contribution in [0.25, 0.3) is 0 Å². The molecule has 0 aromatic carbocycles. The zero-order valence-corrected chi connectivity index (χ0v) is 17.1. The van der Waals surface area contributed by atoms with E-state index < -0.39 is 23.3 Å². The van der Waals surface area contributed by atoms with Gasteiger partial charge in [-0.25, -0.2) is 0 Å². The lowest BCUT2D eigenvalue weighted by Gasteiger charge is -2.57. The van der Waals surface area contributed by atoms with Crippen LogP contribution in [0.15, 0.2) is 23.5 Å². The summed E-state index contributed by atoms with van der Waals surface area (Å²) >= 11 is 0. The molecule has 6 heteroatoms. The zero-order valence-electron chi connectivity index (χ0n) is 17.1. The van der Waals surface area contributed by atoms with Gasteiger partial charge in [-0.2, -0.15) is 0 Å². The van der Waals surface area contributed by atoms with Crippen LogP contribution in [0.3, 0.4) is 0 Å². The SMILES string of the molecule is C[C@]12CC[C@H]3[C@@H](CC(O)C4=CC(=O)C(O)=C[C@@]43C)[C@@H]1CC[C@@H]2C(=O)CCC(=O)O. The van der Waals surface area contributed by atoms with Crippen molar-refractivity contribution >= 4 is 17.5 Å². The first-order valence-corrected chi connectivity index (χ1v) is 10.7. The topological polar surface area (TPSA) is 112 Å². The molecule has 7 atom stereocenters. The monoisotopic (exact) mass is 402 g/mol. The number of fused-ring (bicyclic) bond motifs is 5. The summed E-state index contributed by atoms with van der Waals surface area (Å²) in [6.07, 6.45) is 6.27. The molecule has 4 aliphatic rings. The first-order valence-electron chi connectivity index (χ1n) is 10.7. The van der Waals surface area contributed by atoms with Crippen LogP contribution < -0.4 is 0 Å². The van der Waals surface area contributed by atoms with Gasteiger partial charge in [0.1, 0.15) is 5.78 Å². The Labute approximate surface area is 170 Å². The van der Waals surface area contributed by atoms with Gasteiger partial charge in [0.05, 0.1) is 12.5 Å². The number of carboxylic acid groups (broad SMARTS) is 1. The first-order chi connectivity index (χ1) is 13.6. The summed E-state index contributed by atoms with van der Waals surface area (Å²) < 4.78 is 0. The van der Waals surface area contributed by atoms with Crippen LogP contribution in [0.1, 0.15) is 58.8 Å². The summed E-state index contributed by atoms with van der Waals surface area (Å²) in [5, 5.41) is 29.9. The number of carboxylic acids is 1. The molecule has 0 heterocycles. The number of aliphatic carboxylic acids is 1. The van der Waals surface area contributed by atoms with Gasteiger partial charge >= 0.3 is 5.97 Å². The molecular formula is C23H30O6. The van der Waals surface area contributed by atoms with Crippen molar-refractivity contribution in [2.45, 2.75) is 64.9 Å². The lowest BCUT2D eigenvalue weighted by molar-refractivity contribution is -0.140. The molecule has 3 N–H and O–H groups in total.